The minimum Gasteiger partial charge on any atom is -0.376 e. The normalized spacial score (nSPS) is 11.3. The number of benzene rings is 2. The molecule has 160 valence electrons. The molecule has 4 rings (SSSR count). The van der Waals surface area contributed by atoms with Crippen LogP contribution in [0.1, 0.15) is 25.0 Å². The summed E-state index contributed by atoms with van der Waals surface area (Å²) in [5.41, 5.74) is 3.19. The van der Waals surface area contributed by atoms with Crippen molar-refractivity contribution in [3.63, 3.8) is 0 Å². The molecule has 0 aliphatic rings. The van der Waals surface area contributed by atoms with E-state index in [2.05, 4.69) is 18.7 Å². The van der Waals surface area contributed by atoms with Crippen LogP contribution in [-0.4, -0.2) is 27.5 Å². The van der Waals surface area contributed by atoms with Crippen molar-refractivity contribution in [2.45, 2.75) is 26.3 Å². The Balaban J connectivity index is 0.000000177. The first-order valence-corrected chi connectivity index (χ1v) is 10.4. The molecule has 4 aromatic rings. The van der Waals surface area contributed by atoms with E-state index in [0.29, 0.717) is 27.8 Å². The van der Waals surface area contributed by atoms with Gasteiger partial charge in [0, 0.05) is 26.5 Å². The molecular weight excluding hydrogens is 406 g/mol. The first-order chi connectivity index (χ1) is 14.4. The van der Waals surface area contributed by atoms with Gasteiger partial charge in [-0.1, -0.05) is 26.0 Å². The molecule has 0 aliphatic heterocycles. The molecule has 0 amide bonds. The zero-order valence-electron chi connectivity index (χ0n) is 17.6. The molecule has 8 heteroatoms. The summed E-state index contributed by atoms with van der Waals surface area (Å²) in [6.07, 6.45) is 0. The van der Waals surface area contributed by atoms with Crippen LogP contribution in [0.15, 0.2) is 55.0 Å². The number of aromatic nitrogens is 2. The third-order valence-corrected chi connectivity index (χ3v) is 5.36. The second-order valence-corrected chi connectivity index (χ2v) is 7.31. The van der Waals surface area contributed by atoms with Gasteiger partial charge >= 0.3 is 0 Å². The van der Waals surface area contributed by atoms with Gasteiger partial charge in [-0.25, -0.2) is 0 Å². The molecule has 0 spiro atoms. The fourth-order valence-corrected chi connectivity index (χ4v) is 3.41. The lowest BCUT2D eigenvalue weighted by atomic mass is 10.1. The highest BCUT2D eigenvalue weighted by molar-refractivity contribution is 6.17. The van der Waals surface area contributed by atoms with Gasteiger partial charge in [0.15, 0.2) is 11.2 Å². The topological polar surface area (TPSA) is 73.5 Å². The SMILES string of the molecule is CCN(CC)Cc1ccc2c(=O)n(C)oc2c1.Cn1oc2cc(CCl)ccc2c1=O. The molecule has 0 N–H and O–H groups in total. The van der Waals surface area contributed by atoms with Crippen molar-refractivity contribution in [1.82, 2.24) is 14.4 Å². The molecule has 0 saturated heterocycles. The predicted molar refractivity (Wildman–Crippen MR) is 119 cm³/mol. The number of fused-ring (bicyclic) bond motifs is 2. The number of aryl methyl sites for hydroxylation is 2. The summed E-state index contributed by atoms with van der Waals surface area (Å²) in [5.74, 6) is 0.425. The first kappa shape index (κ1) is 21.9. The smallest absolute Gasteiger partial charge is 0.290 e. The van der Waals surface area contributed by atoms with E-state index < -0.39 is 0 Å². The van der Waals surface area contributed by atoms with Crippen molar-refractivity contribution in [2.75, 3.05) is 13.1 Å². The van der Waals surface area contributed by atoms with Crippen LogP contribution in [0.25, 0.3) is 21.9 Å². The van der Waals surface area contributed by atoms with Crippen LogP contribution in [0.4, 0.5) is 0 Å². The summed E-state index contributed by atoms with van der Waals surface area (Å²) < 4.78 is 13.0. The van der Waals surface area contributed by atoms with E-state index in [1.54, 1.807) is 26.2 Å². The maximum Gasteiger partial charge on any atom is 0.290 e. The lowest BCUT2D eigenvalue weighted by Gasteiger charge is -2.17. The Labute approximate surface area is 179 Å². The van der Waals surface area contributed by atoms with E-state index in [9.17, 15) is 9.59 Å². The van der Waals surface area contributed by atoms with E-state index in [1.807, 2.05) is 24.3 Å². The van der Waals surface area contributed by atoms with Crippen LogP contribution in [0.5, 0.6) is 0 Å². The van der Waals surface area contributed by atoms with Crippen molar-refractivity contribution in [3.05, 3.63) is 68.2 Å². The number of halogens is 1. The summed E-state index contributed by atoms with van der Waals surface area (Å²) in [7, 11) is 3.22. The Hall–Kier alpha value is -2.77. The third kappa shape index (κ3) is 4.52. The minimum absolute atomic E-state index is 0.0746. The maximum atomic E-state index is 11.6. The summed E-state index contributed by atoms with van der Waals surface area (Å²) in [6, 6.07) is 11.1. The van der Waals surface area contributed by atoms with Crippen molar-refractivity contribution < 1.29 is 9.05 Å². The zero-order chi connectivity index (χ0) is 21.8. The summed E-state index contributed by atoms with van der Waals surface area (Å²) in [5, 5.41) is 1.24. The highest BCUT2D eigenvalue weighted by Crippen LogP contribution is 2.15. The number of nitrogens with zero attached hydrogens (tertiary/aromatic N) is 3. The van der Waals surface area contributed by atoms with Gasteiger partial charge in [-0.05, 0) is 48.5 Å². The summed E-state index contributed by atoms with van der Waals surface area (Å²) >= 11 is 5.65. The molecule has 2 heterocycles. The summed E-state index contributed by atoms with van der Waals surface area (Å²) in [6.45, 7) is 7.22. The average molecular weight is 432 g/mol. The van der Waals surface area contributed by atoms with Gasteiger partial charge in [-0.2, -0.15) is 9.48 Å². The van der Waals surface area contributed by atoms with Crippen LogP contribution in [-0.2, 0) is 26.5 Å². The van der Waals surface area contributed by atoms with Crippen molar-refractivity contribution >= 4 is 33.5 Å². The Morgan fingerprint density at radius 1 is 0.833 bits per heavy atom. The Morgan fingerprint density at radius 2 is 1.30 bits per heavy atom. The van der Waals surface area contributed by atoms with E-state index in [4.69, 9.17) is 20.6 Å². The predicted octanol–water partition coefficient (Wildman–Crippen LogP) is 3.84. The van der Waals surface area contributed by atoms with E-state index in [1.165, 1.54) is 15.0 Å². The van der Waals surface area contributed by atoms with Crippen LogP contribution < -0.4 is 11.1 Å². The molecular formula is C22H26ClN3O4. The number of hydrogen-bond donors (Lipinski definition) is 0. The fraction of sp³-hybridized carbons (Fsp3) is 0.364. The molecule has 0 aliphatic carbocycles. The first-order valence-electron chi connectivity index (χ1n) is 9.84. The Morgan fingerprint density at radius 3 is 1.77 bits per heavy atom. The van der Waals surface area contributed by atoms with Gasteiger partial charge in [0.2, 0.25) is 0 Å². The van der Waals surface area contributed by atoms with Crippen molar-refractivity contribution in [3.8, 4) is 0 Å². The van der Waals surface area contributed by atoms with Gasteiger partial charge < -0.3 is 9.05 Å². The minimum atomic E-state index is -0.115. The van der Waals surface area contributed by atoms with Crippen LogP contribution in [0.2, 0.25) is 0 Å². The molecule has 0 fully saturated rings. The second kappa shape index (κ2) is 9.36. The number of hydrogen-bond acceptors (Lipinski definition) is 5. The van der Waals surface area contributed by atoms with Gasteiger partial charge in [-0.3, -0.25) is 14.5 Å². The van der Waals surface area contributed by atoms with E-state index in [-0.39, 0.29) is 11.1 Å². The van der Waals surface area contributed by atoms with Gasteiger partial charge in [0.1, 0.15) is 0 Å². The Kier molecular flexibility index (Phi) is 6.84. The molecule has 0 atom stereocenters. The lowest BCUT2D eigenvalue weighted by Crippen LogP contribution is -2.22. The van der Waals surface area contributed by atoms with Gasteiger partial charge in [0.25, 0.3) is 11.1 Å². The van der Waals surface area contributed by atoms with Crippen LogP contribution in [0.3, 0.4) is 0 Å². The quantitative estimate of drug-likeness (QED) is 0.449. The highest BCUT2D eigenvalue weighted by atomic mass is 35.5. The number of alkyl halides is 1. The Bertz CT molecular complexity index is 1260. The van der Waals surface area contributed by atoms with Crippen LogP contribution >= 0.6 is 11.6 Å². The lowest BCUT2D eigenvalue weighted by molar-refractivity contribution is 0.295. The molecule has 0 radical (unpaired) electrons. The standard InChI is InChI=1S/C13H18N2O2.C9H8ClNO2/c1-4-15(5-2)9-10-6-7-11-12(8-10)17-14(3)13(11)16;1-11-9(12)7-3-2-6(5-10)4-8(7)13-11/h6-8H,4-5,9H2,1-3H3;2-4H,5H2,1H3. The molecule has 30 heavy (non-hydrogen) atoms. The van der Waals surface area contributed by atoms with Crippen molar-refractivity contribution in [2.24, 2.45) is 14.1 Å². The molecule has 2 aromatic heterocycles. The second-order valence-electron chi connectivity index (χ2n) is 7.04. The molecule has 0 unspecified atom stereocenters. The fourth-order valence-electron chi connectivity index (χ4n) is 3.24. The van der Waals surface area contributed by atoms with Crippen LogP contribution in [0, 0.1) is 0 Å². The van der Waals surface area contributed by atoms with Crippen molar-refractivity contribution in [1.29, 1.82) is 0 Å². The highest BCUT2D eigenvalue weighted by Gasteiger charge is 2.09. The van der Waals surface area contributed by atoms with Gasteiger partial charge in [-0.15, -0.1) is 11.6 Å². The zero-order valence-corrected chi connectivity index (χ0v) is 18.4. The molecule has 7 nitrogen and oxygen atoms in total. The maximum absolute atomic E-state index is 11.6. The largest absolute Gasteiger partial charge is 0.376 e. The third-order valence-electron chi connectivity index (χ3n) is 5.05. The monoisotopic (exact) mass is 431 g/mol. The summed E-state index contributed by atoms with van der Waals surface area (Å²) in [4.78, 5) is 25.3. The number of rotatable bonds is 5. The van der Waals surface area contributed by atoms with E-state index in [0.717, 1.165) is 25.2 Å². The van der Waals surface area contributed by atoms with Gasteiger partial charge in [0.05, 0.1) is 10.8 Å². The molecule has 2 aromatic carbocycles. The molecule has 0 saturated carbocycles. The van der Waals surface area contributed by atoms with E-state index >= 15 is 0 Å². The molecule has 0 bridgehead atoms. The average Bonchev–Trinajstić information content (AvgIpc) is 3.20.